The average Bonchev–Trinajstić information content (AvgIpc) is 2.52. The lowest BCUT2D eigenvalue weighted by Crippen LogP contribution is -2.33. The first-order valence-corrected chi connectivity index (χ1v) is 7.37. The molecule has 124 valence electrons. The van der Waals surface area contributed by atoms with E-state index in [1.165, 1.54) is 12.1 Å². The SMILES string of the molecule is CC1CCN(c2ccc(C(=O)OCC(N)=O)cc2[N+](=O)[O-])CC1. The Morgan fingerprint density at radius 2 is 2.04 bits per heavy atom. The highest BCUT2D eigenvalue weighted by molar-refractivity contribution is 5.92. The fraction of sp³-hybridized carbons (Fsp3) is 0.467. The van der Waals surface area contributed by atoms with Gasteiger partial charge in [0.15, 0.2) is 6.61 Å². The fourth-order valence-electron chi connectivity index (χ4n) is 2.53. The molecule has 2 rings (SSSR count). The van der Waals surface area contributed by atoms with E-state index in [9.17, 15) is 19.7 Å². The molecule has 0 saturated carbocycles. The lowest BCUT2D eigenvalue weighted by molar-refractivity contribution is -0.384. The van der Waals surface area contributed by atoms with Crippen molar-refractivity contribution in [1.82, 2.24) is 0 Å². The Morgan fingerprint density at radius 1 is 1.39 bits per heavy atom. The molecule has 1 aromatic rings. The third-order valence-corrected chi connectivity index (χ3v) is 3.88. The van der Waals surface area contributed by atoms with Gasteiger partial charge in [-0.3, -0.25) is 14.9 Å². The van der Waals surface area contributed by atoms with Crippen molar-refractivity contribution < 1.29 is 19.2 Å². The smallest absolute Gasteiger partial charge is 0.338 e. The minimum Gasteiger partial charge on any atom is -0.452 e. The molecule has 0 aliphatic carbocycles. The van der Waals surface area contributed by atoms with Crippen molar-refractivity contribution in [2.75, 3.05) is 24.6 Å². The molecule has 1 amide bonds. The molecule has 0 bridgehead atoms. The van der Waals surface area contributed by atoms with Gasteiger partial charge in [-0.15, -0.1) is 0 Å². The highest BCUT2D eigenvalue weighted by Crippen LogP contribution is 2.32. The van der Waals surface area contributed by atoms with E-state index in [-0.39, 0.29) is 11.3 Å². The number of nitrogens with two attached hydrogens (primary N) is 1. The Balaban J connectivity index is 2.23. The van der Waals surface area contributed by atoms with E-state index in [4.69, 9.17) is 5.73 Å². The van der Waals surface area contributed by atoms with Gasteiger partial charge in [0.2, 0.25) is 0 Å². The number of carbonyl (C=O) groups is 2. The van der Waals surface area contributed by atoms with Crippen molar-refractivity contribution in [2.24, 2.45) is 11.7 Å². The number of rotatable bonds is 5. The van der Waals surface area contributed by atoms with Crippen LogP contribution in [0.4, 0.5) is 11.4 Å². The van der Waals surface area contributed by atoms with Gasteiger partial charge in [0.05, 0.1) is 10.5 Å². The van der Waals surface area contributed by atoms with Crippen LogP contribution in [-0.2, 0) is 9.53 Å². The number of amides is 1. The molecule has 2 N–H and O–H groups in total. The number of hydrogen-bond donors (Lipinski definition) is 1. The second-order valence-electron chi connectivity index (χ2n) is 5.67. The maximum Gasteiger partial charge on any atom is 0.338 e. The first kappa shape index (κ1) is 16.7. The summed E-state index contributed by atoms with van der Waals surface area (Å²) in [4.78, 5) is 35.2. The Bertz CT molecular complexity index is 624. The van der Waals surface area contributed by atoms with Gasteiger partial charge in [-0.05, 0) is 30.9 Å². The zero-order chi connectivity index (χ0) is 17.0. The summed E-state index contributed by atoms with van der Waals surface area (Å²) in [5.41, 5.74) is 5.27. The number of primary amides is 1. The minimum atomic E-state index is -0.814. The molecule has 8 heteroatoms. The third kappa shape index (κ3) is 4.18. The van der Waals surface area contributed by atoms with Gasteiger partial charge in [-0.2, -0.15) is 0 Å². The highest BCUT2D eigenvalue weighted by atomic mass is 16.6. The number of nitro benzene ring substituents is 1. The van der Waals surface area contributed by atoms with Gasteiger partial charge in [-0.25, -0.2) is 4.79 Å². The molecule has 0 aromatic heterocycles. The molecule has 1 aliphatic rings. The van der Waals surface area contributed by atoms with Crippen LogP contribution in [0.1, 0.15) is 30.1 Å². The van der Waals surface area contributed by atoms with Crippen LogP contribution < -0.4 is 10.6 Å². The number of nitrogens with zero attached hydrogens (tertiary/aromatic N) is 2. The minimum absolute atomic E-state index is 0.0204. The van der Waals surface area contributed by atoms with E-state index in [1.54, 1.807) is 6.07 Å². The van der Waals surface area contributed by atoms with Crippen molar-refractivity contribution >= 4 is 23.3 Å². The molecule has 1 heterocycles. The van der Waals surface area contributed by atoms with E-state index < -0.39 is 23.4 Å². The van der Waals surface area contributed by atoms with Crippen LogP contribution in [0.25, 0.3) is 0 Å². The van der Waals surface area contributed by atoms with Crippen LogP contribution >= 0.6 is 0 Å². The zero-order valence-corrected chi connectivity index (χ0v) is 12.9. The first-order chi connectivity index (χ1) is 10.9. The normalized spacial score (nSPS) is 15.3. The monoisotopic (exact) mass is 321 g/mol. The largest absolute Gasteiger partial charge is 0.452 e. The van der Waals surface area contributed by atoms with Crippen LogP contribution in [0.3, 0.4) is 0 Å². The number of hydrogen-bond acceptors (Lipinski definition) is 6. The van der Waals surface area contributed by atoms with Crippen molar-refractivity contribution in [3.05, 3.63) is 33.9 Å². The van der Waals surface area contributed by atoms with E-state index in [2.05, 4.69) is 11.7 Å². The number of benzene rings is 1. The molecule has 0 spiro atoms. The lowest BCUT2D eigenvalue weighted by Gasteiger charge is -2.31. The number of anilines is 1. The predicted octanol–water partition coefficient (Wildman–Crippen LogP) is 1.47. The average molecular weight is 321 g/mol. The second-order valence-corrected chi connectivity index (χ2v) is 5.67. The Labute approximate surface area is 133 Å². The lowest BCUT2D eigenvalue weighted by atomic mass is 9.98. The number of piperidine rings is 1. The van der Waals surface area contributed by atoms with Crippen LogP contribution in [0.15, 0.2) is 18.2 Å². The highest BCUT2D eigenvalue weighted by Gasteiger charge is 2.25. The van der Waals surface area contributed by atoms with Crippen molar-refractivity contribution in [1.29, 1.82) is 0 Å². The quantitative estimate of drug-likeness (QED) is 0.499. The Kier molecular flexibility index (Phi) is 5.15. The molecule has 1 aliphatic heterocycles. The summed E-state index contributed by atoms with van der Waals surface area (Å²) >= 11 is 0. The fourth-order valence-corrected chi connectivity index (χ4v) is 2.53. The molecule has 8 nitrogen and oxygen atoms in total. The van der Waals surface area contributed by atoms with Crippen LogP contribution in [0.2, 0.25) is 0 Å². The molecule has 1 fully saturated rings. The number of ether oxygens (including phenoxy) is 1. The predicted molar refractivity (Wildman–Crippen MR) is 83.2 cm³/mol. The number of carbonyl (C=O) groups excluding carboxylic acids is 2. The molecular formula is C15H19N3O5. The molecule has 1 aromatic carbocycles. The van der Waals surface area contributed by atoms with Crippen molar-refractivity contribution in [2.45, 2.75) is 19.8 Å². The third-order valence-electron chi connectivity index (χ3n) is 3.88. The van der Waals surface area contributed by atoms with E-state index >= 15 is 0 Å². The van der Waals surface area contributed by atoms with Crippen LogP contribution in [-0.4, -0.2) is 36.5 Å². The molecular weight excluding hydrogens is 302 g/mol. The summed E-state index contributed by atoms with van der Waals surface area (Å²) in [5.74, 6) is -0.994. The van der Waals surface area contributed by atoms with Crippen LogP contribution in [0.5, 0.6) is 0 Å². The maximum absolute atomic E-state index is 11.8. The summed E-state index contributed by atoms with van der Waals surface area (Å²) in [7, 11) is 0. The summed E-state index contributed by atoms with van der Waals surface area (Å²) in [6.45, 7) is 3.09. The Hall–Kier alpha value is -2.64. The molecule has 1 saturated heterocycles. The molecule has 0 unspecified atom stereocenters. The first-order valence-electron chi connectivity index (χ1n) is 7.37. The van der Waals surface area contributed by atoms with Gasteiger partial charge < -0.3 is 15.4 Å². The number of nitro groups is 1. The topological polar surface area (TPSA) is 116 Å². The molecule has 0 radical (unpaired) electrons. The van der Waals surface area contributed by atoms with E-state index in [0.717, 1.165) is 25.9 Å². The zero-order valence-electron chi connectivity index (χ0n) is 12.9. The second kappa shape index (κ2) is 7.08. The number of esters is 1. The standard InChI is InChI=1S/C15H19N3O5/c1-10-4-6-17(7-5-10)12-3-2-11(8-13(12)18(21)22)15(20)23-9-14(16)19/h2-3,8,10H,4-7,9H2,1H3,(H2,16,19). The van der Waals surface area contributed by atoms with Gasteiger partial charge >= 0.3 is 5.97 Å². The van der Waals surface area contributed by atoms with E-state index in [1.807, 2.05) is 4.90 Å². The Morgan fingerprint density at radius 3 is 2.61 bits per heavy atom. The van der Waals surface area contributed by atoms with Gasteiger partial charge in [0, 0.05) is 19.2 Å². The summed E-state index contributed by atoms with van der Waals surface area (Å²) < 4.78 is 4.67. The summed E-state index contributed by atoms with van der Waals surface area (Å²) in [6.07, 6.45) is 1.94. The van der Waals surface area contributed by atoms with Gasteiger partial charge in [0.25, 0.3) is 11.6 Å². The molecule has 0 atom stereocenters. The van der Waals surface area contributed by atoms with Crippen molar-refractivity contribution in [3.8, 4) is 0 Å². The maximum atomic E-state index is 11.8. The van der Waals surface area contributed by atoms with Gasteiger partial charge in [0.1, 0.15) is 5.69 Å². The van der Waals surface area contributed by atoms with Gasteiger partial charge in [-0.1, -0.05) is 6.92 Å². The summed E-state index contributed by atoms with van der Waals surface area (Å²) in [5, 5.41) is 11.3. The molecule has 23 heavy (non-hydrogen) atoms. The van der Waals surface area contributed by atoms with Crippen LogP contribution in [0, 0.1) is 16.0 Å². The van der Waals surface area contributed by atoms with Crippen molar-refractivity contribution in [3.63, 3.8) is 0 Å². The van der Waals surface area contributed by atoms with E-state index in [0.29, 0.717) is 11.6 Å². The summed E-state index contributed by atoms with van der Waals surface area (Å²) in [6, 6.07) is 4.19.